The normalized spacial score (nSPS) is 31.2. The highest BCUT2D eigenvalue weighted by molar-refractivity contribution is 5.96. The van der Waals surface area contributed by atoms with Crippen LogP contribution in [0.1, 0.15) is 12.8 Å². The van der Waals surface area contributed by atoms with E-state index in [9.17, 15) is 19.1 Å². The Kier molecular flexibility index (Phi) is 3.17. The molecule has 0 aromatic heterocycles. The first-order valence-corrected chi connectivity index (χ1v) is 6.51. The van der Waals surface area contributed by atoms with Crippen LogP contribution in [0.3, 0.4) is 0 Å². The lowest BCUT2D eigenvalue weighted by atomic mass is 9.78. The van der Waals surface area contributed by atoms with Crippen molar-refractivity contribution in [3.63, 3.8) is 0 Å². The lowest BCUT2D eigenvalue weighted by Gasteiger charge is -2.23. The maximum absolute atomic E-state index is 13.1. The number of ether oxygens (including phenoxy) is 1. The highest BCUT2D eigenvalue weighted by atomic mass is 19.1. The zero-order chi connectivity index (χ0) is 14.3. The minimum Gasteiger partial charge on any atom is -0.481 e. The molecular weight excluding hydrogens is 265 g/mol. The zero-order valence-corrected chi connectivity index (χ0v) is 10.6. The molecule has 1 aromatic rings. The Morgan fingerprint density at radius 3 is 2.60 bits per heavy atom. The van der Waals surface area contributed by atoms with Gasteiger partial charge in [-0.1, -0.05) is 6.07 Å². The van der Waals surface area contributed by atoms with Gasteiger partial charge in [-0.25, -0.2) is 4.39 Å². The van der Waals surface area contributed by atoms with E-state index in [1.807, 2.05) is 0 Å². The van der Waals surface area contributed by atoms with Crippen molar-refractivity contribution in [2.75, 3.05) is 5.32 Å². The summed E-state index contributed by atoms with van der Waals surface area (Å²) in [5, 5.41) is 11.8. The van der Waals surface area contributed by atoms with Gasteiger partial charge in [-0.2, -0.15) is 0 Å². The number of carboxylic acids is 1. The van der Waals surface area contributed by atoms with Gasteiger partial charge in [-0.05, 0) is 31.0 Å². The molecule has 1 amide bonds. The van der Waals surface area contributed by atoms with E-state index in [-0.39, 0.29) is 12.2 Å². The van der Waals surface area contributed by atoms with E-state index in [1.165, 1.54) is 18.2 Å². The molecule has 2 heterocycles. The molecule has 1 aromatic carbocycles. The van der Waals surface area contributed by atoms with Crippen LogP contribution in [0.25, 0.3) is 0 Å². The monoisotopic (exact) mass is 279 g/mol. The van der Waals surface area contributed by atoms with Crippen molar-refractivity contribution in [1.82, 2.24) is 0 Å². The molecule has 0 unspecified atom stereocenters. The van der Waals surface area contributed by atoms with Gasteiger partial charge in [0.05, 0.1) is 24.0 Å². The maximum Gasteiger partial charge on any atom is 0.310 e. The number of hydrogen-bond acceptors (Lipinski definition) is 3. The van der Waals surface area contributed by atoms with Gasteiger partial charge in [-0.3, -0.25) is 9.59 Å². The highest BCUT2D eigenvalue weighted by Gasteiger charge is 2.55. The standard InChI is InChI=1S/C14H14FNO4/c15-7-2-1-3-8(6-7)16-13(17)11-9-4-5-10(20-9)12(11)14(18)19/h1-3,6,9-12H,4-5H2,(H,16,17)(H,18,19)/t9-,10+,11-,12+/m1/s1. The summed E-state index contributed by atoms with van der Waals surface area (Å²) in [7, 11) is 0. The van der Waals surface area contributed by atoms with E-state index in [0.29, 0.717) is 18.5 Å². The summed E-state index contributed by atoms with van der Waals surface area (Å²) in [6.45, 7) is 0. The Hall–Kier alpha value is -1.95. The quantitative estimate of drug-likeness (QED) is 0.882. The minimum absolute atomic E-state index is 0.321. The summed E-state index contributed by atoms with van der Waals surface area (Å²) < 4.78 is 18.6. The fourth-order valence-corrected chi connectivity index (χ4v) is 3.12. The molecule has 0 aliphatic carbocycles. The lowest BCUT2D eigenvalue weighted by Crippen LogP contribution is -2.40. The molecule has 106 valence electrons. The van der Waals surface area contributed by atoms with E-state index in [2.05, 4.69) is 5.32 Å². The van der Waals surface area contributed by atoms with E-state index >= 15 is 0 Å². The molecule has 0 spiro atoms. The number of rotatable bonds is 3. The molecule has 5 nitrogen and oxygen atoms in total. The molecule has 20 heavy (non-hydrogen) atoms. The fourth-order valence-electron chi connectivity index (χ4n) is 3.12. The number of nitrogens with one attached hydrogen (secondary N) is 1. The lowest BCUT2D eigenvalue weighted by molar-refractivity contribution is -0.147. The van der Waals surface area contributed by atoms with Crippen molar-refractivity contribution in [2.45, 2.75) is 25.0 Å². The van der Waals surface area contributed by atoms with Crippen LogP contribution in [0.4, 0.5) is 10.1 Å². The van der Waals surface area contributed by atoms with Crippen LogP contribution in [0.5, 0.6) is 0 Å². The van der Waals surface area contributed by atoms with Gasteiger partial charge in [-0.15, -0.1) is 0 Å². The minimum atomic E-state index is -1.02. The smallest absolute Gasteiger partial charge is 0.310 e. The van der Waals surface area contributed by atoms with Crippen molar-refractivity contribution in [2.24, 2.45) is 11.8 Å². The van der Waals surface area contributed by atoms with Crippen molar-refractivity contribution < 1.29 is 23.8 Å². The number of benzene rings is 1. The van der Waals surface area contributed by atoms with Crippen LogP contribution in [0.2, 0.25) is 0 Å². The first-order valence-electron chi connectivity index (χ1n) is 6.51. The van der Waals surface area contributed by atoms with Crippen molar-refractivity contribution in [3.8, 4) is 0 Å². The summed E-state index contributed by atoms with van der Waals surface area (Å²) >= 11 is 0. The van der Waals surface area contributed by atoms with Gasteiger partial charge >= 0.3 is 5.97 Å². The van der Waals surface area contributed by atoms with Gasteiger partial charge in [0, 0.05) is 5.69 Å². The third kappa shape index (κ3) is 2.16. The SMILES string of the molecule is O=C(O)[C@@H]1[C@H](C(=O)Nc2cccc(F)c2)[C@H]2CC[C@@H]1O2. The average Bonchev–Trinajstić information content (AvgIpc) is 2.98. The number of carboxylic acid groups (broad SMARTS) is 1. The molecule has 4 atom stereocenters. The molecular formula is C14H14FNO4. The molecule has 6 heteroatoms. The van der Waals surface area contributed by atoms with E-state index in [1.54, 1.807) is 6.07 Å². The number of halogens is 1. The molecule has 2 fully saturated rings. The van der Waals surface area contributed by atoms with Crippen LogP contribution in [0.15, 0.2) is 24.3 Å². The Morgan fingerprint density at radius 2 is 1.95 bits per heavy atom. The van der Waals surface area contributed by atoms with Crippen LogP contribution in [0, 0.1) is 17.7 Å². The summed E-state index contributed by atoms with van der Waals surface area (Å²) in [6, 6.07) is 5.51. The third-order valence-electron chi connectivity index (χ3n) is 3.95. The number of aliphatic carboxylic acids is 1. The second-order valence-corrected chi connectivity index (χ2v) is 5.18. The topological polar surface area (TPSA) is 75.6 Å². The summed E-state index contributed by atoms with van der Waals surface area (Å²) in [5.74, 6) is -3.43. The number of hydrogen-bond donors (Lipinski definition) is 2. The number of fused-ring (bicyclic) bond motifs is 2. The number of carbonyl (C=O) groups excluding carboxylic acids is 1. The predicted molar refractivity (Wildman–Crippen MR) is 67.5 cm³/mol. The van der Waals surface area contributed by atoms with Crippen LogP contribution < -0.4 is 5.32 Å². The molecule has 0 radical (unpaired) electrons. The summed E-state index contributed by atoms with van der Waals surface area (Å²) in [5.41, 5.74) is 0.321. The average molecular weight is 279 g/mol. The van der Waals surface area contributed by atoms with Crippen LogP contribution in [-0.4, -0.2) is 29.2 Å². The van der Waals surface area contributed by atoms with E-state index in [4.69, 9.17) is 4.74 Å². The molecule has 2 aliphatic heterocycles. The second-order valence-electron chi connectivity index (χ2n) is 5.18. The van der Waals surface area contributed by atoms with Crippen molar-refractivity contribution in [3.05, 3.63) is 30.1 Å². The second kappa shape index (κ2) is 4.86. The number of amides is 1. The number of carbonyl (C=O) groups is 2. The molecule has 2 N–H and O–H groups in total. The van der Waals surface area contributed by atoms with Crippen LogP contribution in [-0.2, 0) is 14.3 Å². The maximum atomic E-state index is 13.1. The first-order chi connectivity index (χ1) is 9.56. The molecule has 0 saturated carbocycles. The van der Waals surface area contributed by atoms with Gasteiger partial charge in [0.15, 0.2) is 0 Å². The predicted octanol–water partition coefficient (Wildman–Crippen LogP) is 1.64. The van der Waals surface area contributed by atoms with Gasteiger partial charge in [0.1, 0.15) is 5.82 Å². The van der Waals surface area contributed by atoms with Crippen molar-refractivity contribution in [1.29, 1.82) is 0 Å². The molecule has 3 rings (SSSR count). The fraction of sp³-hybridized carbons (Fsp3) is 0.429. The zero-order valence-electron chi connectivity index (χ0n) is 10.6. The van der Waals surface area contributed by atoms with Gasteiger partial charge in [0.2, 0.25) is 5.91 Å². The Balaban J connectivity index is 1.78. The molecule has 2 aliphatic rings. The summed E-state index contributed by atoms with van der Waals surface area (Å²) in [6.07, 6.45) is 0.622. The Morgan fingerprint density at radius 1 is 1.25 bits per heavy atom. The van der Waals surface area contributed by atoms with Gasteiger partial charge in [0.25, 0.3) is 0 Å². The van der Waals surface area contributed by atoms with E-state index in [0.717, 1.165) is 0 Å². The largest absolute Gasteiger partial charge is 0.481 e. The number of anilines is 1. The summed E-state index contributed by atoms with van der Waals surface area (Å²) in [4.78, 5) is 23.5. The Labute approximate surface area is 114 Å². The molecule has 2 bridgehead atoms. The molecule has 2 saturated heterocycles. The van der Waals surface area contributed by atoms with Gasteiger partial charge < -0.3 is 15.2 Å². The third-order valence-corrected chi connectivity index (χ3v) is 3.95. The van der Waals surface area contributed by atoms with Crippen LogP contribution >= 0.6 is 0 Å². The van der Waals surface area contributed by atoms with E-state index < -0.39 is 29.5 Å². The highest BCUT2D eigenvalue weighted by Crippen LogP contribution is 2.44. The van der Waals surface area contributed by atoms with Crippen molar-refractivity contribution >= 4 is 17.6 Å². The first kappa shape index (κ1) is 13.1. The Bertz CT molecular complexity index is 562.